The predicted octanol–water partition coefficient (Wildman–Crippen LogP) is 0.591. The lowest BCUT2D eigenvalue weighted by molar-refractivity contribution is -0.0829. The number of hydrogen-bond donors (Lipinski definition) is 1. The zero-order valence-corrected chi connectivity index (χ0v) is 10.8. The molecule has 1 heterocycles. The number of nitrogens with two attached hydrogens (primary N) is 1. The average Bonchev–Trinajstić information content (AvgIpc) is 3.20. The van der Waals surface area contributed by atoms with Gasteiger partial charge in [-0.2, -0.15) is 0 Å². The molecule has 0 aromatic rings. The van der Waals surface area contributed by atoms with Crippen LogP contribution in [0.2, 0.25) is 0 Å². The van der Waals surface area contributed by atoms with Gasteiger partial charge in [0.1, 0.15) is 0 Å². The van der Waals surface area contributed by atoms with E-state index in [1.807, 2.05) is 7.05 Å². The molecule has 0 aromatic heterocycles. The largest absolute Gasteiger partial charge is 0.381 e. The van der Waals surface area contributed by atoms with Crippen molar-refractivity contribution in [2.45, 2.75) is 37.3 Å². The lowest BCUT2D eigenvalue weighted by Crippen LogP contribution is -2.43. The Balaban J connectivity index is 1.91. The Bertz CT molecular complexity index is 283. The van der Waals surface area contributed by atoms with Gasteiger partial charge in [-0.3, -0.25) is 4.99 Å². The number of rotatable bonds is 4. The van der Waals surface area contributed by atoms with E-state index in [2.05, 4.69) is 9.89 Å². The van der Waals surface area contributed by atoms with Crippen LogP contribution in [0.25, 0.3) is 0 Å². The molecule has 2 aliphatic rings. The fraction of sp³-hybridized carbons (Fsp3) is 0.917. The summed E-state index contributed by atoms with van der Waals surface area (Å²) in [7, 11) is 3.77. The fourth-order valence-corrected chi connectivity index (χ4v) is 2.16. The normalized spacial score (nSPS) is 24.7. The summed E-state index contributed by atoms with van der Waals surface area (Å²) >= 11 is 0. The number of methoxy groups -OCH3 is 1. The second-order valence-electron chi connectivity index (χ2n) is 5.02. The Labute approximate surface area is 103 Å². The minimum Gasteiger partial charge on any atom is -0.381 e. The first-order valence-electron chi connectivity index (χ1n) is 6.32. The maximum absolute atomic E-state index is 5.98. The summed E-state index contributed by atoms with van der Waals surface area (Å²) in [6, 6.07) is 0.604. The van der Waals surface area contributed by atoms with Gasteiger partial charge < -0.3 is 20.1 Å². The van der Waals surface area contributed by atoms with Gasteiger partial charge in [0.15, 0.2) is 5.96 Å². The quantitative estimate of drug-likeness (QED) is 0.578. The van der Waals surface area contributed by atoms with Crippen LogP contribution in [0.15, 0.2) is 4.99 Å². The minimum absolute atomic E-state index is 0.173. The Kier molecular flexibility index (Phi) is 3.89. The van der Waals surface area contributed by atoms with Gasteiger partial charge in [0.2, 0.25) is 0 Å². The van der Waals surface area contributed by atoms with E-state index >= 15 is 0 Å². The maximum atomic E-state index is 5.98. The third-order valence-electron chi connectivity index (χ3n) is 3.82. The van der Waals surface area contributed by atoms with Crippen LogP contribution in [-0.4, -0.2) is 56.4 Å². The average molecular weight is 241 g/mol. The predicted molar refractivity (Wildman–Crippen MR) is 67.1 cm³/mol. The zero-order valence-electron chi connectivity index (χ0n) is 10.8. The topological polar surface area (TPSA) is 60.1 Å². The fourth-order valence-electron chi connectivity index (χ4n) is 2.16. The van der Waals surface area contributed by atoms with Crippen molar-refractivity contribution in [2.24, 2.45) is 10.7 Å². The van der Waals surface area contributed by atoms with E-state index in [0.717, 1.165) is 26.1 Å². The van der Waals surface area contributed by atoms with Crippen LogP contribution < -0.4 is 5.73 Å². The van der Waals surface area contributed by atoms with Gasteiger partial charge in [-0.1, -0.05) is 0 Å². The molecule has 0 amide bonds. The van der Waals surface area contributed by atoms with Crippen LogP contribution in [0, 0.1) is 0 Å². The molecule has 2 fully saturated rings. The van der Waals surface area contributed by atoms with E-state index in [0.29, 0.717) is 18.5 Å². The molecule has 1 saturated heterocycles. The number of guanidine groups is 1. The summed E-state index contributed by atoms with van der Waals surface area (Å²) in [6.07, 6.45) is 4.26. The maximum Gasteiger partial charge on any atom is 0.191 e. The van der Waals surface area contributed by atoms with E-state index in [1.54, 1.807) is 7.11 Å². The molecular weight excluding hydrogens is 218 g/mol. The van der Waals surface area contributed by atoms with E-state index in [-0.39, 0.29) is 5.60 Å². The van der Waals surface area contributed by atoms with Crippen LogP contribution in [0.1, 0.15) is 25.7 Å². The summed E-state index contributed by atoms with van der Waals surface area (Å²) in [5.41, 5.74) is 5.80. The molecule has 0 unspecified atom stereocenters. The van der Waals surface area contributed by atoms with Crippen molar-refractivity contribution in [2.75, 3.05) is 33.9 Å². The minimum atomic E-state index is -0.173. The molecule has 1 aliphatic heterocycles. The van der Waals surface area contributed by atoms with Crippen LogP contribution in [0.3, 0.4) is 0 Å². The molecule has 0 radical (unpaired) electrons. The molecule has 5 heteroatoms. The molecule has 2 N–H and O–H groups in total. The monoisotopic (exact) mass is 241 g/mol. The summed E-state index contributed by atoms with van der Waals surface area (Å²) < 4.78 is 11.0. The lowest BCUT2D eigenvalue weighted by Gasteiger charge is -2.34. The Morgan fingerprint density at radius 1 is 1.47 bits per heavy atom. The molecule has 17 heavy (non-hydrogen) atoms. The van der Waals surface area contributed by atoms with E-state index < -0.39 is 0 Å². The van der Waals surface area contributed by atoms with Crippen molar-refractivity contribution in [3.05, 3.63) is 0 Å². The van der Waals surface area contributed by atoms with E-state index in [1.165, 1.54) is 12.8 Å². The first-order chi connectivity index (χ1) is 8.17. The van der Waals surface area contributed by atoms with Crippen molar-refractivity contribution in [1.82, 2.24) is 4.90 Å². The smallest absolute Gasteiger partial charge is 0.191 e. The van der Waals surface area contributed by atoms with Gasteiger partial charge in [0.25, 0.3) is 0 Å². The molecule has 0 atom stereocenters. The first kappa shape index (κ1) is 12.6. The van der Waals surface area contributed by atoms with Crippen molar-refractivity contribution < 1.29 is 9.47 Å². The Hall–Kier alpha value is -0.810. The SMILES string of the molecule is COC1(CN=C(N)N(C)C2CC2)CCOCC1. The second kappa shape index (κ2) is 5.23. The second-order valence-corrected chi connectivity index (χ2v) is 5.02. The lowest BCUT2D eigenvalue weighted by atomic mass is 9.94. The highest BCUT2D eigenvalue weighted by Gasteiger charge is 2.33. The highest BCUT2D eigenvalue weighted by Crippen LogP contribution is 2.26. The van der Waals surface area contributed by atoms with E-state index in [9.17, 15) is 0 Å². The molecule has 2 rings (SSSR count). The van der Waals surface area contributed by atoms with Crippen molar-refractivity contribution in [1.29, 1.82) is 0 Å². The molecular formula is C12H23N3O2. The van der Waals surface area contributed by atoms with Gasteiger partial charge in [0.05, 0.1) is 12.1 Å². The third-order valence-corrected chi connectivity index (χ3v) is 3.82. The van der Waals surface area contributed by atoms with Gasteiger partial charge in [-0.05, 0) is 12.8 Å². The molecule has 5 nitrogen and oxygen atoms in total. The van der Waals surface area contributed by atoms with Crippen molar-refractivity contribution in [3.8, 4) is 0 Å². The number of hydrogen-bond acceptors (Lipinski definition) is 3. The van der Waals surface area contributed by atoms with Gasteiger partial charge in [-0.15, -0.1) is 0 Å². The Morgan fingerprint density at radius 2 is 2.12 bits per heavy atom. The Morgan fingerprint density at radius 3 is 2.65 bits per heavy atom. The van der Waals surface area contributed by atoms with Crippen molar-refractivity contribution in [3.63, 3.8) is 0 Å². The molecule has 0 aromatic carbocycles. The number of ether oxygens (including phenoxy) is 2. The van der Waals surface area contributed by atoms with Gasteiger partial charge >= 0.3 is 0 Å². The number of aliphatic imine (C=N–C) groups is 1. The molecule has 0 bridgehead atoms. The summed E-state index contributed by atoms with van der Waals surface area (Å²) in [4.78, 5) is 6.56. The highest BCUT2D eigenvalue weighted by atomic mass is 16.5. The van der Waals surface area contributed by atoms with Crippen LogP contribution in [0.5, 0.6) is 0 Å². The summed E-state index contributed by atoms with van der Waals surface area (Å²) in [5, 5.41) is 0. The van der Waals surface area contributed by atoms with E-state index in [4.69, 9.17) is 15.2 Å². The van der Waals surface area contributed by atoms with Crippen LogP contribution in [0.4, 0.5) is 0 Å². The highest BCUT2D eigenvalue weighted by molar-refractivity contribution is 5.78. The van der Waals surface area contributed by atoms with Gasteiger partial charge in [0, 0.05) is 46.3 Å². The van der Waals surface area contributed by atoms with Crippen molar-refractivity contribution >= 4 is 5.96 Å². The standard InChI is InChI=1S/C12H23N3O2/c1-15(10-3-4-10)11(13)14-9-12(16-2)5-7-17-8-6-12/h10H,3-9H2,1-2H3,(H2,13,14). The summed E-state index contributed by atoms with van der Waals surface area (Å²) in [6.45, 7) is 2.14. The molecule has 0 spiro atoms. The molecule has 1 aliphatic carbocycles. The summed E-state index contributed by atoms with van der Waals surface area (Å²) in [5.74, 6) is 0.635. The molecule has 98 valence electrons. The third kappa shape index (κ3) is 3.10. The van der Waals surface area contributed by atoms with Crippen LogP contribution >= 0.6 is 0 Å². The zero-order chi connectivity index (χ0) is 12.3. The first-order valence-corrected chi connectivity index (χ1v) is 6.32. The van der Waals surface area contributed by atoms with Crippen LogP contribution in [-0.2, 0) is 9.47 Å². The van der Waals surface area contributed by atoms with Gasteiger partial charge in [-0.25, -0.2) is 0 Å². The number of nitrogens with zero attached hydrogens (tertiary/aromatic N) is 2. The molecule has 1 saturated carbocycles.